The lowest BCUT2D eigenvalue weighted by Gasteiger charge is -2.33. The monoisotopic (exact) mass is 721 g/mol. The van der Waals surface area contributed by atoms with Gasteiger partial charge in [-0.05, 0) is 91.0 Å². The summed E-state index contributed by atoms with van der Waals surface area (Å²) in [6, 6.07) is 65.3. The summed E-state index contributed by atoms with van der Waals surface area (Å²) in [6.45, 7) is 0. The molecule has 1 aliphatic rings. The summed E-state index contributed by atoms with van der Waals surface area (Å²) in [5, 5.41) is 5.40. The van der Waals surface area contributed by atoms with Gasteiger partial charge in [-0.25, -0.2) is 0 Å². The van der Waals surface area contributed by atoms with Gasteiger partial charge in [-0.3, -0.25) is 9.47 Å². The average molecular weight is 722 g/mol. The van der Waals surface area contributed by atoms with Crippen molar-refractivity contribution in [2.75, 3.05) is 9.80 Å². The van der Waals surface area contributed by atoms with Crippen molar-refractivity contribution < 1.29 is 13.6 Å². The summed E-state index contributed by atoms with van der Waals surface area (Å²) in [7, 11) is 0. The summed E-state index contributed by atoms with van der Waals surface area (Å²) in [4.78, 5) is 4.61. The van der Waals surface area contributed by atoms with Gasteiger partial charge in [-0.15, -0.1) is 0 Å². The first-order valence-corrected chi connectivity index (χ1v) is 18.8. The summed E-state index contributed by atoms with van der Waals surface area (Å²) in [5.74, 6) is 2.55. The number of aromatic nitrogens is 1. The molecule has 0 aliphatic carbocycles. The molecule has 0 fully saturated rings. The number of benzene rings is 8. The highest BCUT2D eigenvalue weighted by Gasteiger charge is 2.33. The molecular formula is C50H31N3O3. The van der Waals surface area contributed by atoms with Gasteiger partial charge in [-0.2, -0.15) is 0 Å². The molecule has 11 aromatic rings. The van der Waals surface area contributed by atoms with Crippen molar-refractivity contribution in [3.63, 3.8) is 0 Å². The number of fused-ring (bicyclic) bond motifs is 10. The van der Waals surface area contributed by atoms with E-state index in [0.29, 0.717) is 0 Å². The van der Waals surface area contributed by atoms with Crippen LogP contribution in [0.25, 0.3) is 60.5 Å². The van der Waals surface area contributed by atoms with Crippen LogP contribution in [0.5, 0.6) is 11.5 Å². The molecule has 1 aliphatic heterocycles. The second kappa shape index (κ2) is 11.9. The summed E-state index contributed by atoms with van der Waals surface area (Å²) in [6.07, 6.45) is 0. The van der Waals surface area contributed by atoms with Crippen LogP contribution < -0.4 is 14.5 Å². The van der Waals surface area contributed by atoms with Crippen molar-refractivity contribution in [3.8, 4) is 17.2 Å². The second-order valence-electron chi connectivity index (χ2n) is 14.2. The molecule has 8 aromatic carbocycles. The third kappa shape index (κ3) is 4.56. The number of ether oxygens (including phenoxy) is 1. The van der Waals surface area contributed by atoms with Crippen molar-refractivity contribution in [2.24, 2.45) is 0 Å². The van der Waals surface area contributed by atoms with Gasteiger partial charge < -0.3 is 18.5 Å². The highest BCUT2D eigenvalue weighted by molar-refractivity contribution is 6.08. The van der Waals surface area contributed by atoms with Gasteiger partial charge in [0.05, 0.1) is 11.2 Å². The molecule has 6 nitrogen and oxygen atoms in total. The molecule has 0 unspecified atom stereocenters. The first-order chi connectivity index (χ1) is 27.8. The van der Waals surface area contributed by atoms with Gasteiger partial charge in [-0.1, -0.05) is 84.9 Å². The molecule has 12 rings (SSSR count). The van der Waals surface area contributed by atoms with E-state index in [1.165, 1.54) is 0 Å². The lowest BCUT2D eigenvalue weighted by Crippen LogP contribution is -2.19. The Bertz CT molecular complexity index is 3210. The fourth-order valence-corrected chi connectivity index (χ4v) is 8.48. The molecule has 3 aromatic heterocycles. The highest BCUT2D eigenvalue weighted by atomic mass is 16.5. The van der Waals surface area contributed by atoms with Crippen LogP contribution in [-0.2, 0) is 0 Å². The predicted molar refractivity (Wildman–Crippen MR) is 227 cm³/mol. The summed E-state index contributed by atoms with van der Waals surface area (Å²) in [5.41, 5.74) is 10.3. The molecule has 0 bridgehead atoms. The molecule has 0 atom stereocenters. The number of nitrogens with zero attached hydrogens (tertiary/aromatic N) is 3. The SMILES string of the molecule is c1ccc(-n2c3c(c4ccccc42)Oc2ccccc2N3c2cccc(N(c3ccc4c(c3)oc3ccccc34)c3ccc4c(c3)oc3ccccc34)c2)cc1. The van der Waals surface area contributed by atoms with E-state index < -0.39 is 0 Å². The number of furan rings is 2. The van der Waals surface area contributed by atoms with E-state index in [1.807, 2.05) is 36.4 Å². The highest BCUT2D eigenvalue weighted by Crippen LogP contribution is 2.55. The van der Waals surface area contributed by atoms with E-state index in [-0.39, 0.29) is 0 Å². The van der Waals surface area contributed by atoms with Gasteiger partial charge in [0, 0.05) is 67.5 Å². The van der Waals surface area contributed by atoms with Crippen LogP contribution in [-0.4, -0.2) is 4.57 Å². The zero-order valence-electron chi connectivity index (χ0n) is 30.0. The molecule has 264 valence electrons. The Morgan fingerprint density at radius 3 is 1.66 bits per heavy atom. The molecule has 56 heavy (non-hydrogen) atoms. The topological polar surface area (TPSA) is 46.9 Å². The van der Waals surface area contributed by atoms with Crippen molar-refractivity contribution in [1.82, 2.24) is 4.57 Å². The lowest BCUT2D eigenvalue weighted by molar-refractivity contribution is 0.481. The van der Waals surface area contributed by atoms with Crippen molar-refractivity contribution in [2.45, 2.75) is 0 Å². The Morgan fingerprint density at radius 2 is 0.946 bits per heavy atom. The molecular weight excluding hydrogens is 691 g/mol. The standard InChI is InChI=1S/C50H31N3O3/c1-2-13-32(14-3-1)52-42-20-7-4-19-41(42)49-50(52)53(43-21-8-11-24-46(43)56-49)34-16-12-15-33(29-34)51(35-25-27-39-37-17-5-9-22-44(37)54-47(39)30-35)36-26-28-40-38-18-6-10-23-45(38)55-48(40)31-36/h1-31H. The van der Waals surface area contributed by atoms with E-state index in [1.54, 1.807) is 0 Å². The smallest absolute Gasteiger partial charge is 0.178 e. The maximum Gasteiger partial charge on any atom is 0.178 e. The Kier molecular flexibility index (Phi) is 6.53. The van der Waals surface area contributed by atoms with E-state index in [0.717, 1.165) is 106 Å². The Hall–Kier alpha value is -7.70. The first-order valence-electron chi connectivity index (χ1n) is 18.8. The Balaban J connectivity index is 1.09. The van der Waals surface area contributed by atoms with Gasteiger partial charge >= 0.3 is 0 Å². The van der Waals surface area contributed by atoms with Gasteiger partial charge in [0.25, 0.3) is 0 Å². The van der Waals surface area contributed by atoms with Gasteiger partial charge in [0.1, 0.15) is 22.3 Å². The Morgan fingerprint density at radius 1 is 0.393 bits per heavy atom. The first kappa shape index (κ1) is 30.7. The van der Waals surface area contributed by atoms with Crippen molar-refractivity contribution >= 4 is 89.0 Å². The van der Waals surface area contributed by atoms with Crippen LogP contribution >= 0.6 is 0 Å². The molecule has 0 saturated heterocycles. The molecule has 6 heteroatoms. The maximum absolute atomic E-state index is 6.80. The number of hydrogen-bond donors (Lipinski definition) is 0. The second-order valence-corrected chi connectivity index (χ2v) is 14.2. The molecule has 0 saturated carbocycles. The Labute approximate surface area is 321 Å². The van der Waals surface area contributed by atoms with Crippen LogP contribution in [0, 0.1) is 0 Å². The summed E-state index contributed by atoms with van der Waals surface area (Å²) < 4.78 is 22.0. The zero-order chi connectivity index (χ0) is 36.7. The van der Waals surface area contributed by atoms with Crippen LogP contribution in [0.1, 0.15) is 0 Å². The normalized spacial score (nSPS) is 12.4. The molecule has 0 radical (unpaired) electrons. The molecule has 0 spiro atoms. The van der Waals surface area contributed by atoms with Crippen LogP contribution in [0.15, 0.2) is 197 Å². The van der Waals surface area contributed by atoms with E-state index in [2.05, 4.69) is 166 Å². The van der Waals surface area contributed by atoms with Crippen molar-refractivity contribution in [3.05, 3.63) is 188 Å². The molecule has 0 N–H and O–H groups in total. The number of hydrogen-bond acceptors (Lipinski definition) is 5. The molecule has 0 amide bonds. The number of anilines is 6. The number of rotatable bonds is 5. The third-order valence-corrected chi connectivity index (χ3v) is 10.9. The average Bonchev–Trinajstić information content (AvgIpc) is 3.92. The quantitative estimate of drug-likeness (QED) is 0.177. The minimum Gasteiger partial charge on any atom is -0.456 e. The fraction of sp³-hybridized carbons (Fsp3) is 0. The van der Waals surface area contributed by atoms with Crippen molar-refractivity contribution in [1.29, 1.82) is 0 Å². The maximum atomic E-state index is 6.80. The van der Waals surface area contributed by atoms with E-state index in [9.17, 15) is 0 Å². The summed E-state index contributed by atoms with van der Waals surface area (Å²) >= 11 is 0. The number of para-hydroxylation sites is 6. The van der Waals surface area contributed by atoms with E-state index in [4.69, 9.17) is 13.6 Å². The predicted octanol–water partition coefficient (Wildman–Crippen LogP) is 14.5. The van der Waals surface area contributed by atoms with Gasteiger partial charge in [0.15, 0.2) is 17.3 Å². The largest absolute Gasteiger partial charge is 0.456 e. The fourth-order valence-electron chi connectivity index (χ4n) is 8.48. The van der Waals surface area contributed by atoms with E-state index >= 15 is 0 Å². The van der Waals surface area contributed by atoms with Crippen LogP contribution in [0.4, 0.5) is 34.3 Å². The molecule has 4 heterocycles. The van der Waals surface area contributed by atoms with Crippen LogP contribution in [0.3, 0.4) is 0 Å². The minimum absolute atomic E-state index is 0.795. The van der Waals surface area contributed by atoms with Gasteiger partial charge in [0.2, 0.25) is 0 Å². The minimum atomic E-state index is 0.795. The van der Waals surface area contributed by atoms with Crippen LogP contribution in [0.2, 0.25) is 0 Å². The zero-order valence-corrected chi connectivity index (χ0v) is 30.0. The lowest BCUT2D eigenvalue weighted by atomic mass is 10.1. The third-order valence-electron chi connectivity index (χ3n) is 10.9.